The summed E-state index contributed by atoms with van der Waals surface area (Å²) in [5.41, 5.74) is 8.71. The molecule has 6 heteroatoms. The van der Waals surface area contributed by atoms with Gasteiger partial charge < -0.3 is 14.9 Å². The van der Waals surface area contributed by atoms with E-state index in [1.165, 1.54) is 0 Å². The van der Waals surface area contributed by atoms with Crippen LogP contribution in [-0.4, -0.2) is 25.5 Å². The van der Waals surface area contributed by atoms with Crippen molar-refractivity contribution in [2.45, 2.75) is 77.3 Å². The van der Waals surface area contributed by atoms with Crippen molar-refractivity contribution in [1.29, 1.82) is 5.26 Å². The van der Waals surface area contributed by atoms with Crippen LogP contribution in [0, 0.1) is 17.2 Å². The number of nitrogens with two attached hydrogens (primary N) is 1. The molecule has 0 saturated carbocycles. The van der Waals surface area contributed by atoms with Gasteiger partial charge in [0.1, 0.15) is 17.9 Å². The van der Waals surface area contributed by atoms with E-state index in [2.05, 4.69) is 59.5 Å². The summed E-state index contributed by atoms with van der Waals surface area (Å²) in [6.07, 6.45) is 4.38. The highest BCUT2D eigenvalue weighted by Crippen LogP contribution is 2.45. The molecule has 1 aliphatic rings. The smallest absolute Gasteiger partial charge is 0.209 e. The van der Waals surface area contributed by atoms with E-state index in [0.717, 1.165) is 5.56 Å². The van der Waals surface area contributed by atoms with E-state index in [4.69, 9.17) is 14.9 Å². The summed E-state index contributed by atoms with van der Waals surface area (Å²) in [6.45, 7) is 15.6. The van der Waals surface area contributed by atoms with Gasteiger partial charge in [0, 0.05) is 17.7 Å². The largest absolute Gasteiger partial charge is 0.472 e. The quantitative estimate of drug-likeness (QED) is 0.685. The molecule has 0 spiro atoms. The molecule has 0 bridgehead atoms. The zero-order chi connectivity index (χ0) is 20.4. The normalized spacial score (nSPS) is 23.3. The molecule has 148 valence electrons. The fraction of sp³-hybridized carbons (Fsp3) is 0.619. The molecule has 3 atom stereocenters. The maximum Gasteiger partial charge on any atom is 0.209 e. The number of ether oxygens (including phenoxy) is 1. The number of nitriles is 1. The van der Waals surface area contributed by atoms with Crippen LogP contribution in [0.25, 0.3) is 5.76 Å². The van der Waals surface area contributed by atoms with Crippen molar-refractivity contribution in [3.05, 3.63) is 30.1 Å². The predicted molar refractivity (Wildman–Crippen MR) is 112 cm³/mol. The Balaban J connectivity index is 2.41. The number of rotatable bonds is 6. The van der Waals surface area contributed by atoms with Crippen molar-refractivity contribution in [3.63, 3.8) is 0 Å². The second kappa shape index (κ2) is 8.45. The van der Waals surface area contributed by atoms with Gasteiger partial charge in [-0.2, -0.15) is 5.26 Å². The lowest BCUT2D eigenvalue weighted by atomic mass is 9.95. The number of hydrogen-bond donors (Lipinski definition) is 1. The average Bonchev–Trinajstić information content (AvgIpc) is 2.59. The maximum atomic E-state index is 9.82. The number of aromatic nitrogens is 1. The molecule has 0 aliphatic carbocycles. The number of nitrogens with zero attached hydrogens (tertiary/aromatic N) is 2. The molecule has 0 amide bonds. The van der Waals surface area contributed by atoms with Crippen molar-refractivity contribution >= 4 is 19.8 Å². The highest BCUT2D eigenvalue weighted by atomic mass is 28.4. The standard InChI is InChI=1S/C21H33N3O2Si/c1-13(2)27(14(3)4,15(5)6)26-21-16(7)10-19(25-20(21)11-22)17-8-9-24-12-18(17)23/h8-10,12-16,20-21H,23H2,1-7H3/t16-,20-,21+/m1/s1. The SMILES string of the molecule is CC(C)[Si](O[C@H]1[C@H](C)C=C(c2ccncc2N)O[C@@H]1C#N)(C(C)C)C(C)C. The van der Waals surface area contributed by atoms with Crippen LogP contribution >= 0.6 is 0 Å². The van der Waals surface area contributed by atoms with E-state index in [1.54, 1.807) is 12.4 Å². The third-order valence-electron chi connectivity index (χ3n) is 5.78. The molecular weight excluding hydrogens is 354 g/mol. The lowest BCUT2D eigenvalue weighted by molar-refractivity contribution is 0.0218. The van der Waals surface area contributed by atoms with Crippen molar-refractivity contribution in [1.82, 2.24) is 4.98 Å². The molecule has 1 aromatic rings. The van der Waals surface area contributed by atoms with Gasteiger partial charge in [0.05, 0.1) is 11.9 Å². The van der Waals surface area contributed by atoms with Gasteiger partial charge in [0.2, 0.25) is 14.4 Å². The molecule has 0 aromatic carbocycles. The molecule has 2 rings (SSSR count). The molecule has 2 N–H and O–H groups in total. The Kier molecular flexibility index (Phi) is 6.71. The van der Waals surface area contributed by atoms with Crippen LogP contribution in [0.5, 0.6) is 0 Å². The predicted octanol–water partition coefficient (Wildman–Crippen LogP) is 5.12. The van der Waals surface area contributed by atoms with E-state index in [0.29, 0.717) is 28.1 Å². The Hall–Kier alpha value is -1.84. The number of hydrogen-bond acceptors (Lipinski definition) is 5. The van der Waals surface area contributed by atoms with E-state index in [9.17, 15) is 5.26 Å². The zero-order valence-electron chi connectivity index (χ0n) is 17.6. The lowest BCUT2D eigenvalue weighted by Gasteiger charge is -2.47. The minimum absolute atomic E-state index is 0.0501. The molecule has 5 nitrogen and oxygen atoms in total. The molecule has 1 aromatic heterocycles. The van der Waals surface area contributed by atoms with Gasteiger partial charge in [0.15, 0.2) is 0 Å². The second-order valence-corrected chi connectivity index (χ2v) is 13.8. The summed E-state index contributed by atoms with van der Waals surface area (Å²) in [5.74, 6) is 0.689. The van der Waals surface area contributed by atoms with E-state index in [1.807, 2.05) is 12.1 Å². The number of nitrogen functional groups attached to an aromatic ring is 1. The van der Waals surface area contributed by atoms with Gasteiger partial charge in [-0.25, -0.2) is 0 Å². The van der Waals surface area contributed by atoms with Crippen LogP contribution in [0.4, 0.5) is 5.69 Å². The fourth-order valence-electron chi connectivity index (χ4n) is 4.55. The minimum Gasteiger partial charge on any atom is -0.472 e. The third kappa shape index (κ3) is 4.04. The van der Waals surface area contributed by atoms with Crippen LogP contribution in [0.3, 0.4) is 0 Å². The molecule has 1 aliphatic heterocycles. The van der Waals surface area contributed by atoms with E-state index >= 15 is 0 Å². The fourth-order valence-corrected chi connectivity index (χ4v) is 10.2. The first kappa shape index (κ1) is 21.5. The van der Waals surface area contributed by atoms with Gasteiger partial charge in [-0.3, -0.25) is 4.98 Å². The van der Waals surface area contributed by atoms with Gasteiger partial charge >= 0.3 is 0 Å². The summed E-state index contributed by atoms with van der Waals surface area (Å²) in [4.78, 5) is 4.03. The topological polar surface area (TPSA) is 81.2 Å². The van der Waals surface area contributed by atoms with Crippen molar-refractivity contribution < 1.29 is 9.16 Å². The maximum absolute atomic E-state index is 9.82. The summed E-state index contributed by atoms with van der Waals surface area (Å²) >= 11 is 0. The molecule has 27 heavy (non-hydrogen) atoms. The molecule has 0 radical (unpaired) electrons. The van der Waals surface area contributed by atoms with Crippen molar-refractivity contribution in [3.8, 4) is 6.07 Å². The van der Waals surface area contributed by atoms with Gasteiger partial charge in [0.25, 0.3) is 0 Å². The Morgan fingerprint density at radius 2 is 1.78 bits per heavy atom. The first-order chi connectivity index (χ1) is 12.6. The van der Waals surface area contributed by atoms with Crippen LogP contribution in [-0.2, 0) is 9.16 Å². The van der Waals surface area contributed by atoms with E-state index < -0.39 is 14.4 Å². The molecule has 0 saturated heterocycles. The first-order valence-corrected chi connectivity index (χ1v) is 11.9. The van der Waals surface area contributed by atoms with Gasteiger partial charge in [-0.1, -0.05) is 48.5 Å². The summed E-state index contributed by atoms with van der Waals surface area (Å²) in [5, 5.41) is 9.82. The Morgan fingerprint density at radius 3 is 2.26 bits per heavy atom. The first-order valence-electron chi connectivity index (χ1n) is 9.80. The van der Waals surface area contributed by atoms with Gasteiger partial charge in [-0.05, 0) is 28.8 Å². The van der Waals surface area contributed by atoms with Crippen LogP contribution in [0.1, 0.15) is 54.0 Å². The van der Waals surface area contributed by atoms with Crippen LogP contribution < -0.4 is 5.73 Å². The van der Waals surface area contributed by atoms with E-state index in [-0.39, 0.29) is 12.0 Å². The van der Waals surface area contributed by atoms with Gasteiger partial charge in [-0.15, -0.1) is 0 Å². The summed E-state index contributed by atoms with van der Waals surface area (Å²) < 4.78 is 13.0. The molecule has 0 fully saturated rings. The molecule has 2 heterocycles. The Labute approximate surface area is 164 Å². The molecular formula is C21H33N3O2Si. The van der Waals surface area contributed by atoms with Crippen molar-refractivity contribution in [2.75, 3.05) is 5.73 Å². The van der Waals surface area contributed by atoms with Crippen LogP contribution in [0.15, 0.2) is 24.5 Å². The highest BCUT2D eigenvalue weighted by molar-refractivity contribution is 6.77. The highest BCUT2D eigenvalue weighted by Gasteiger charge is 2.49. The third-order valence-corrected chi connectivity index (χ3v) is 11.9. The lowest BCUT2D eigenvalue weighted by Crippen LogP contribution is -2.54. The minimum atomic E-state index is -2.12. The Bertz CT molecular complexity index is 703. The number of anilines is 1. The average molecular weight is 388 g/mol. The molecule has 0 unspecified atom stereocenters. The van der Waals surface area contributed by atoms with Crippen LogP contribution in [0.2, 0.25) is 16.6 Å². The van der Waals surface area contributed by atoms with Crippen molar-refractivity contribution in [2.24, 2.45) is 5.92 Å². The zero-order valence-corrected chi connectivity index (χ0v) is 18.6. The monoisotopic (exact) mass is 387 g/mol. The summed E-state index contributed by atoms with van der Waals surface area (Å²) in [7, 11) is -2.12. The summed E-state index contributed by atoms with van der Waals surface area (Å²) in [6, 6.07) is 4.14. The number of pyridine rings is 1. The Morgan fingerprint density at radius 1 is 1.19 bits per heavy atom. The second-order valence-electron chi connectivity index (χ2n) is 8.42.